The van der Waals surface area contributed by atoms with Crippen LogP contribution < -0.4 is 15.8 Å². The molecule has 1 heterocycles. The van der Waals surface area contributed by atoms with Gasteiger partial charge in [-0.3, -0.25) is 4.79 Å². The van der Waals surface area contributed by atoms with Gasteiger partial charge in [0.1, 0.15) is 11.4 Å². The number of aryl methyl sites for hydroxylation is 1. The number of benzene rings is 1. The van der Waals surface area contributed by atoms with E-state index in [4.69, 9.17) is 10.5 Å². The van der Waals surface area contributed by atoms with Crippen LogP contribution in [0.1, 0.15) is 23.0 Å². The average molecular weight is 288 g/mol. The molecular weight excluding hydrogens is 268 g/mol. The largest absolute Gasteiger partial charge is 0.494 e. The molecule has 1 aromatic heterocycles. The molecule has 0 saturated heterocycles. The molecule has 1 aromatic carbocycles. The van der Waals surface area contributed by atoms with E-state index in [1.165, 1.54) is 0 Å². The van der Waals surface area contributed by atoms with Crippen LogP contribution in [0.5, 0.6) is 5.75 Å². The number of nitrogens with one attached hydrogen (secondary N) is 1. The Morgan fingerprint density at radius 1 is 1.48 bits per heavy atom. The van der Waals surface area contributed by atoms with Gasteiger partial charge >= 0.3 is 0 Å². The third kappa shape index (κ3) is 3.82. The van der Waals surface area contributed by atoms with E-state index in [-0.39, 0.29) is 5.91 Å². The highest BCUT2D eigenvalue weighted by atomic mass is 16.5. The molecule has 0 saturated carbocycles. The minimum absolute atomic E-state index is 0.238. The number of amides is 1. The molecule has 0 radical (unpaired) electrons. The highest BCUT2D eigenvalue weighted by molar-refractivity contribution is 6.03. The molecule has 0 aliphatic heterocycles. The van der Waals surface area contributed by atoms with E-state index in [1.54, 1.807) is 17.1 Å². The zero-order chi connectivity index (χ0) is 15.2. The lowest BCUT2D eigenvalue weighted by atomic mass is 10.2. The predicted octanol–water partition coefficient (Wildman–Crippen LogP) is 1.80. The predicted molar refractivity (Wildman–Crippen MR) is 81.6 cm³/mol. The summed E-state index contributed by atoms with van der Waals surface area (Å²) in [5.74, 6) is 0.554. The van der Waals surface area contributed by atoms with Gasteiger partial charge in [0, 0.05) is 25.0 Å². The van der Waals surface area contributed by atoms with Crippen LogP contribution >= 0.6 is 0 Å². The van der Waals surface area contributed by atoms with Crippen molar-refractivity contribution in [3.63, 3.8) is 0 Å². The molecule has 1 amide bonds. The molecule has 112 valence electrons. The number of carbonyl (C=O) groups excluding carboxylic acids is 1. The van der Waals surface area contributed by atoms with Crippen molar-refractivity contribution >= 4 is 11.6 Å². The Morgan fingerprint density at radius 3 is 2.95 bits per heavy atom. The average Bonchev–Trinajstić information content (AvgIpc) is 2.91. The second-order valence-electron chi connectivity index (χ2n) is 4.65. The van der Waals surface area contributed by atoms with Crippen molar-refractivity contribution in [2.75, 3.05) is 18.5 Å². The van der Waals surface area contributed by atoms with Gasteiger partial charge in [-0.15, -0.1) is 0 Å². The van der Waals surface area contributed by atoms with Crippen LogP contribution in [0.3, 0.4) is 0 Å². The Morgan fingerprint density at radius 2 is 2.29 bits per heavy atom. The topological polar surface area (TPSA) is 82.2 Å². The van der Waals surface area contributed by atoms with E-state index in [0.717, 1.165) is 17.0 Å². The van der Waals surface area contributed by atoms with Gasteiger partial charge in [0.05, 0.1) is 12.9 Å². The first kappa shape index (κ1) is 15.1. The van der Waals surface area contributed by atoms with E-state index in [2.05, 4.69) is 10.3 Å². The summed E-state index contributed by atoms with van der Waals surface area (Å²) >= 11 is 0. The lowest BCUT2D eigenvalue weighted by Crippen LogP contribution is -2.13. The van der Waals surface area contributed by atoms with E-state index in [9.17, 15) is 4.79 Å². The summed E-state index contributed by atoms with van der Waals surface area (Å²) in [6.07, 6.45) is 3.29. The van der Waals surface area contributed by atoms with Gasteiger partial charge in [0.25, 0.3) is 5.91 Å². The molecule has 0 bridgehead atoms. The van der Waals surface area contributed by atoms with Gasteiger partial charge in [-0.05, 0) is 37.6 Å². The molecule has 21 heavy (non-hydrogen) atoms. The van der Waals surface area contributed by atoms with E-state index in [1.807, 2.05) is 32.0 Å². The van der Waals surface area contributed by atoms with Gasteiger partial charge in [0.2, 0.25) is 0 Å². The van der Waals surface area contributed by atoms with Crippen LogP contribution in [-0.4, -0.2) is 28.6 Å². The number of hydrogen-bond acceptors (Lipinski definition) is 4. The van der Waals surface area contributed by atoms with Crippen LogP contribution in [0.25, 0.3) is 0 Å². The van der Waals surface area contributed by atoms with Gasteiger partial charge in [-0.1, -0.05) is 0 Å². The molecule has 3 N–H and O–H groups in total. The second kappa shape index (κ2) is 6.90. The number of ether oxygens (including phenoxy) is 1. The van der Waals surface area contributed by atoms with Crippen molar-refractivity contribution < 1.29 is 9.53 Å². The van der Waals surface area contributed by atoms with Crippen molar-refractivity contribution in [2.24, 2.45) is 5.73 Å². The maximum Gasteiger partial charge on any atom is 0.275 e. The van der Waals surface area contributed by atoms with Gasteiger partial charge in [-0.25, -0.2) is 4.98 Å². The Kier molecular flexibility index (Phi) is 4.94. The Labute approximate surface area is 123 Å². The zero-order valence-electron chi connectivity index (χ0n) is 12.3. The molecule has 6 nitrogen and oxygen atoms in total. The minimum Gasteiger partial charge on any atom is -0.494 e. The van der Waals surface area contributed by atoms with E-state index >= 15 is 0 Å². The van der Waals surface area contributed by atoms with Crippen molar-refractivity contribution in [1.82, 2.24) is 9.55 Å². The SMILES string of the molecule is CCOc1ccc(NC(=O)c2cn(CCN)cn2)c(C)c1. The molecule has 0 spiro atoms. The maximum absolute atomic E-state index is 12.1. The molecule has 0 unspecified atom stereocenters. The smallest absolute Gasteiger partial charge is 0.275 e. The van der Waals surface area contributed by atoms with Gasteiger partial charge in [-0.2, -0.15) is 0 Å². The number of carbonyl (C=O) groups is 1. The van der Waals surface area contributed by atoms with Crippen molar-refractivity contribution in [3.05, 3.63) is 42.0 Å². The third-order valence-corrected chi connectivity index (χ3v) is 3.01. The second-order valence-corrected chi connectivity index (χ2v) is 4.65. The number of hydrogen-bond donors (Lipinski definition) is 2. The number of rotatable bonds is 6. The molecule has 6 heteroatoms. The normalized spacial score (nSPS) is 10.4. The first-order valence-electron chi connectivity index (χ1n) is 6.90. The summed E-state index contributed by atoms with van der Waals surface area (Å²) in [7, 11) is 0. The first-order chi connectivity index (χ1) is 10.1. The standard InChI is InChI=1S/C15H20N4O2/c1-3-21-12-4-5-13(11(2)8-12)18-15(20)14-9-19(7-6-16)10-17-14/h4-5,8-10H,3,6-7,16H2,1-2H3,(H,18,20). The number of nitrogens with two attached hydrogens (primary N) is 1. The maximum atomic E-state index is 12.1. The summed E-state index contributed by atoms with van der Waals surface area (Å²) in [5, 5.41) is 2.85. The third-order valence-electron chi connectivity index (χ3n) is 3.01. The number of nitrogens with zero attached hydrogens (tertiary/aromatic N) is 2. The molecular formula is C15H20N4O2. The minimum atomic E-state index is -0.238. The van der Waals surface area contributed by atoms with Crippen LogP contribution in [0.4, 0.5) is 5.69 Å². The Bertz CT molecular complexity index is 622. The van der Waals surface area contributed by atoms with E-state index < -0.39 is 0 Å². The summed E-state index contributed by atoms with van der Waals surface area (Å²) < 4.78 is 7.21. The van der Waals surface area contributed by atoms with Crippen molar-refractivity contribution in [3.8, 4) is 5.75 Å². The van der Waals surface area contributed by atoms with E-state index in [0.29, 0.717) is 25.4 Å². The quantitative estimate of drug-likeness (QED) is 0.849. The summed E-state index contributed by atoms with van der Waals surface area (Å²) in [6.45, 7) is 5.62. The molecule has 0 fully saturated rings. The van der Waals surface area contributed by atoms with Crippen LogP contribution in [0, 0.1) is 6.92 Å². The molecule has 0 aliphatic rings. The first-order valence-corrected chi connectivity index (χ1v) is 6.90. The Balaban J connectivity index is 2.08. The summed E-state index contributed by atoms with van der Waals surface area (Å²) in [5.41, 5.74) is 7.53. The summed E-state index contributed by atoms with van der Waals surface area (Å²) in [4.78, 5) is 16.2. The van der Waals surface area contributed by atoms with Crippen LogP contribution in [-0.2, 0) is 6.54 Å². The summed E-state index contributed by atoms with van der Waals surface area (Å²) in [6, 6.07) is 5.56. The fourth-order valence-corrected chi connectivity index (χ4v) is 1.97. The van der Waals surface area contributed by atoms with Crippen molar-refractivity contribution in [1.29, 1.82) is 0 Å². The molecule has 0 atom stereocenters. The lowest BCUT2D eigenvalue weighted by Gasteiger charge is -2.09. The monoisotopic (exact) mass is 288 g/mol. The molecule has 2 rings (SSSR count). The highest BCUT2D eigenvalue weighted by Gasteiger charge is 2.11. The Hall–Kier alpha value is -2.34. The van der Waals surface area contributed by atoms with Crippen LogP contribution in [0.15, 0.2) is 30.7 Å². The zero-order valence-corrected chi connectivity index (χ0v) is 12.3. The van der Waals surface area contributed by atoms with Crippen molar-refractivity contribution in [2.45, 2.75) is 20.4 Å². The van der Waals surface area contributed by atoms with Gasteiger partial charge < -0.3 is 20.4 Å². The number of aromatic nitrogens is 2. The molecule has 2 aromatic rings. The number of anilines is 1. The lowest BCUT2D eigenvalue weighted by molar-refractivity contribution is 0.102. The number of imidazole rings is 1. The van der Waals surface area contributed by atoms with Crippen LogP contribution in [0.2, 0.25) is 0 Å². The fourth-order valence-electron chi connectivity index (χ4n) is 1.97. The fraction of sp³-hybridized carbons (Fsp3) is 0.333. The van der Waals surface area contributed by atoms with Gasteiger partial charge in [0.15, 0.2) is 0 Å². The highest BCUT2D eigenvalue weighted by Crippen LogP contribution is 2.21. The molecule has 0 aliphatic carbocycles.